The molecule has 0 N–H and O–H groups in total. The van der Waals surface area contributed by atoms with E-state index in [0.717, 1.165) is 25.8 Å². The summed E-state index contributed by atoms with van der Waals surface area (Å²) in [6.45, 7) is 3.33. The fraction of sp³-hybridized carbons (Fsp3) is 0.900. The zero-order valence-corrected chi connectivity index (χ0v) is 10.0. The molecular formula is C10H18BrNO. The molecule has 0 bridgehead atoms. The van der Waals surface area contributed by atoms with Gasteiger partial charge in [0.25, 0.3) is 0 Å². The first-order chi connectivity index (χ1) is 6.15. The smallest absolute Gasteiger partial charge is 0.146 e. The fourth-order valence-electron chi connectivity index (χ4n) is 1.89. The van der Waals surface area contributed by atoms with Crippen molar-refractivity contribution in [3.63, 3.8) is 0 Å². The average molecular weight is 248 g/mol. The highest BCUT2D eigenvalue weighted by Crippen LogP contribution is 2.24. The van der Waals surface area contributed by atoms with Gasteiger partial charge in [0, 0.05) is 12.5 Å². The first-order valence-electron chi connectivity index (χ1n) is 5.02. The third-order valence-electron chi connectivity index (χ3n) is 2.75. The van der Waals surface area contributed by atoms with E-state index in [1.165, 1.54) is 6.42 Å². The van der Waals surface area contributed by atoms with Gasteiger partial charge < -0.3 is 4.90 Å². The monoisotopic (exact) mass is 247 g/mol. The third-order valence-corrected chi connectivity index (χ3v) is 3.64. The highest BCUT2D eigenvalue weighted by molar-refractivity contribution is 9.10. The molecule has 1 rings (SSSR count). The van der Waals surface area contributed by atoms with E-state index in [-0.39, 0.29) is 4.83 Å². The van der Waals surface area contributed by atoms with Crippen molar-refractivity contribution in [1.29, 1.82) is 0 Å². The molecule has 0 spiro atoms. The van der Waals surface area contributed by atoms with Gasteiger partial charge in [-0.3, -0.25) is 4.79 Å². The van der Waals surface area contributed by atoms with Gasteiger partial charge in [-0.2, -0.15) is 0 Å². The fourth-order valence-corrected chi connectivity index (χ4v) is 2.55. The van der Waals surface area contributed by atoms with Gasteiger partial charge >= 0.3 is 0 Å². The Balaban J connectivity index is 2.40. The van der Waals surface area contributed by atoms with Gasteiger partial charge in [-0.05, 0) is 32.9 Å². The summed E-state index contributed by atoms with van der Waals surface area (Å²) >= 11 is 3.44. The van der Waals surface area contributed by atoms with E-state index < -0.39 is 0 Å². The maximum Gasteiger partial charge on any atom is 0.146 e. The zero-order chi connectivity index (χ0) is 9.84. The van der Waals surface area contributed by atoms with Gasteiger partial charge in [0.1, 0.15) is 5.78 Å². The normalized spacial score (nSPS) is 29.7. The number of carbonyl (C=O) groups excluding carboxylic acids is 1. The Kier molecular flexibility index (Phi) is 4.39. The van der Waals surface area contributed by atoms with E-state index in [0.29, 0.717) is 11.8 Å². The molecule has 2 atom stereocenters. The summed E-state index contributed by atoms with van der Waals surface area (Å²) in [6, 6.07) is 0.599. The molecule has 0 amide bonds. The molecule has 0 radical (unpaired) electrons. The minimum atomic E-state index is 0.102. The standard InChI is InChI=1S/C10H18BrNO/c1-3-6-12(2)8-4-5-10(13)9(11)7-8/h8-9H,3-7H2,1-2H3. The molecule has 1 aliphatic carbocycles. The van der Waals surface area contributed by atoms with Gasteiger partial charge in [-0.25, -0.2) is 0 Å². The highest BCUT2D eigenvalue weighted by atomic mass is 79.9. The highest BCUT2D eigenvalue weighted by Gasteiger charge is 2.28. The minimum absolute atomic E-state index is 0.102. The van der Waals surface area contributed by atoms with Crippen molar-refractivity contribution in [2.45, 2.75) is 43.5 Å². The van der Waals surface area contributed by atoms with E-state index in [2.05, 4.69) is 34.8 Å². The lowest BCUT2D eigenvalue weighted by molar-refractivity contribution is -0.120. The molecule has 1 aliphatic rings. The van der Waals surface area contributed by atoms with Crippen molar-refractivity contribution < 1.29 is 4.79 Å². The molecule has 13 heavy (non-hydrogen) atoms. The molecule has 3 heteroatoms. The average Bonchev–Trinajstić information content (AvgIpc) is 2.10. The third kappa shape index (κ3) is 3.06. The quantitative estimate of drug-likeness (QED) is 0.714. The van der Waals surface area contributed by atoms with Crippen molar-refractivity contribution in [3.05, 3.63) is 0 Å². The molecule has 76 valence electrons. The van der Waals surface area contributed by atoms with Crippen molar-refractivity contribution in [1.82, 2.24) is 4.90 Å². The van der Waals surface area contributed by atoms with Gasteiger partial charge in [-0.15, -0.1) is 0 Å². The van der Waals surface area contributed by atoms with Gasteiger partial charge in [0.05, 0.1) is 4.83 Å². The van der Waals surface area contributed by atoms with Crippen LogP contribution < -0.4 is 0 Å². The first kappa shape index (κ1) is 11.2. The topological polar surface area (TPSA) is 20.3 Å². The number of alkyl halides is 1. The van der Waals surface area contributed by atoms with Crippen LogP contribution >= 0.6 is 15.9 Å². The molecule has 2 nitrogen and oxygen atoms in total. The maximum atomic E-state index is 11.3. The Morgan fingerprint density at radius 3 is 2.85 bits per heavy atom. The summed E-state index contributed by atoms with van der Waals surface area (Å²) in [5.41, 5.74) is 0. The van der Waals surface area contributed by atoms with Crippen molar-refractivity contribution in [2.75, 3.05) is 13.6 Å². The number of rotatable bonds is 3. The number of ketones is 1. The van der Waals surface area contributed by atoms with Crippen LogP contribution in [-0.2, 0) is 4.79 Å². The molecule has 1 fully saturated rings. The number of hydrogen-bond acceptors (Lipinski definition) is 2. The van der Waals surface area contributed by atoms with E-state index in [4.69, 9.17) is 0 Å². The van der Waals surface area contributed by atoms with Crippen molar-refractivity contribution in [2.24, 2.45) is 0 Å². The van der Waals surface area contributed by atoms with Crippen molar-refractivity contribution >= 4 is 21.7 Å². The molecular weight excluding hydrogens is 230 g/mol. The Morgan fingerprint density at radius 2 is 2.31 bits per heavy atom. The summed E-state index contributed by atoms with van der Waals surface area (Å²) in [6.07, 6.45) is 3.95. The summed E-state index contributed by atoms with van der Waals surface area (Å²) < 4.78 is 0. The van der Waals surface area contributed by atoms with Crippen LogP contribution in [0.1, 0.15) is 32.6 Å². The SMILES string of the molecule is CCCN(C)C1CCC(=O)C(Br)C1. The second-order valence-corrected chi connectivity index (χ2v) is 4.95. The summed E-state index contributed by atoms with van der Waals surface area (Å²) in [4.78, 5) is 13.7. The summed E-state index contributed by atoms with van der Waals surface area (Å²) in [7, 11) is 2.16. The van der Waals surface area contributed by atoms with Crippen LogP contribution in [0.2, 0.25) is 0 Å². The molecule has 0 aromatic carbocycles. The molecule has 0 aromatic heterocycles. The van der Waals surface area contributed by atoms with E-state index >= 15 is 0 Å². The van der Waals surface area contributed by atoms with Crippen LogP contribution in [0.5, 0.6) is 0 Å². The largest absolute Gasteiger partial charge is 0.303 e. The first-order valence-corrected chi connectivity index (χ1v) is 5.93. The Labute approximate surface area is 88.8 Å². The number of carbonyl (C=O) groups is 1. The van der Waals surface area contributed by atoms with Crippen LogP contribution in [0.3, 0.4) is 0 Å². The second kappa shape index (κ2) is 5.11. The predicted octanol–water partition coefficient (Wildman–Crippen LogP) is 2.21. The van der Waals surface area contributed by atoms with E-state index in [9.17, 15) is 4.79 Å². The molecule has 0 heterocycles. The number of hydrogen-bond donors (Lipinski definition) is 0. The molecule has 1 saturated carbocycles. The lowest BCUT2D eigenvalue weighted by atomic mass is 9.93. The Morgan fingerprint density at radius 1 is 1.62 bits per heavy atom. The van der Waals surface area contributed by atoms with Crippen LogP contribution in [-0.4, -0.2) is 35.1 Å². The molecule has 0 saturated heterocycles. The molecule has 0 aliphatic heterocycles. The van der Waals surface area contributed by atoms with E-state index in [1.54, 1.807) is 0 Å². The van der Waals surface area contributed by atoms with Gasteiger partial charge in [-0.1, -0.05) is 22.9 Å². The lowest BCUT2D eigenvalue weighted by Crippen LogP contribution is -2.39. The Bertz CT molecular complexity index is 184. The summed E-state index contributed by atoms with van der Waals surface area (Å²) in [5.74, 6) is 0.376. The number of halogens is 1. The summed E-state index contributed by atoms with van der Waals surface area (Å²) in [5, 5.41) is 0. The maximum absolute atomic E-state index is 11.3. The number of nitrogens with zero attached hydrogens (tertiary/aromatic N) is 1. The second-order valence-electron chi connectivity index (χ2n) is 3.84. The molecule has 2 unspecified atom stereocenters. The van der Waals surface area contributed by atoms with Gasteiger partial charge in [0.2, 0.25) is 0 Å². The van der Waals surface area contributed by atoms with Crippen molar-refractivity contribution in [3.8, 4) is 0 Å². The van der Waals surface area contributed by atoms with Crippen LogP contribution in [0.4, 0.5) is 0 Å². The van der Waals surface area contributed by atoms with Crippen LogP contribution in [0.25, 0.3) is 0 Å². The predicted molar refractivity (Wildman–Crippen MR) is 58.3 cm³/mol. The van der Waals surface area contributed by atoms with Gasteiger partial charge in [0.15, 0.2) is 0 Å². The molecule has 0 aromatic rings. The number of Topliss-reactive ketones (excluding diaryl/α,β-unsaturated/α-hetero) is 1. The minimum Gasteiger partial charge on any atom is -0.303 e. The van der Waals surface area contributed by atoms with Crippen LogP contribution in [0, 0.1) is 0 Å². The van der Waals surface area contributed by atoms with E-state index in [1.807, 2.05) is 0 Å². The zero-order valence-electron chi connectivity index (χ0n) is 8.42. The lowest BCUT2D eigenvalue weighted by Gasteiger charge is -2.32. The van der Waals surface area contributed by atoms with Crippen LogP contribution in [0.15, 0.2) is 0 Å². The Hall–Kier alpha value is 0.110.